The van der Waals surface area contributed by atoms with Crippen LogP contribution >= 0.6 is 46.3 Å². The molecule has 0 aliphatic rings. The van der Waals surface area contributed by atoms with Crippen molar-refractivity contribution in [1.29, 1.82) is 0 Å². The van der Waals surface area contributed by atoms with Gasteiger partial charge in [0, 0.05) is 15.7 Å². The van der Waals surface area contributed by atoms with Crippen LogP contribution in [0.25, 0.3) is 0 Å². The number of thioether (sulfide) groups is 1. The van der Waals surface area contributed by atoms with Crippen molar-refractivity contribution in [3.63, 3.8) is 0 Å². The zero-order valence-corrected chi connectivity index (χ0v) is 14.3. The molecule has 7 heteroatoms. The zero-order chi connectivity index (χ0) is 15.2. The van der Waals surface area contributed by atoms with Crippen LogP contribution in [-0.4, -0.2) is 18.8 Å². The number of hydrogen-bond donors (Lipinski definition) is 1. The fraction of sp³-hybridized carbons (Fsp3) is 0.214. The van der Waals surface area contributed by atoms with Crippen LogP contribution in [0.1, 0.15) is 4.88 Å². The molecule has 1 amide bonds. The molecule has 0 spiro atoms. The standard InChI is InChI=1S/C14H13Cl2NO2S2/c1-19-12-4-2-9(15)6-11(12)17-14(18)8-20-7-10-3-5-13(16)21-10/h2-6H,7-8H2,1H3,(H,17,18). The Labute approximate surface area is 141 Å². The molecule has 0 atom stereocenters. The van der Waals surface area contributed by atoms with Gasteiger partial charge in [-0.05, 0) is 30.3 Å². The number of hydrogen-bond acceptors (Lipinski definition) is 4. The Balaban J connectivity index is 1.85. The molecular formula is C14H13Cl2NO2S2. The average molecular weight is 362 g/mol. The van der Waals surface area contributed by atoms with Gasteiger partial charge >= 0.3 is 0 Å². The summed E-state index contributed by atoms with van der Waals surface area (Å²) in [5.41, 5.74) is 0.578. The predicted molar refractivity (Wildman–Crippen MR) is 92.1 cm³/mol. The van der Waals surface area contributed by atoms with Crippen molar-refractivity contribution in [1.82, 2.24) is 0 Å². The molecule has 21 heavy (non-hydrogen) atoms. The monoisotopic (exact) mass is 361 g/mol. The van der Waals surface area contributed by atoms with Gasteiger partial charge in [-0.25, -0.2) is 0 Å². The second-order valence-corrected chi connectivity index (χ2v) is 7.31. The molecule has 0 bridgehead atoms. The molecule has 2 rings (SSSR count). The van der Waals surface area contributed by atoms with Crippen LogP contribution in [0.5, 0.6) is 5.75 Å². The minimum absolute atomic E-state index is 0.0942. The van der Waals surface area contributed by atoms with Crippen LogP contribution in [0, 0.1) is 0 Å². The van der Waals surface area contributed by atoms with Gasteiger partial charge in [0.2, 0.25) is 5.91 Å². The quantitative estimate of drug-likeness (QED) is 0.791. The molecule has 0 fully saturated rings. The fourth-order valence-electron chi connectivity index (χ4n) is 1.64. The molecule has 1 N–H and O–H groups in total. The van der Waals surface area contributed by atoms with Gasteiger partial charge in [-0.3, -0.25) is 4.79 Å². The third-order valence-corrected chi connectivity index (χ3v) is 5.17. The average Bonchev–Trinajstić information content (AvgIpc) is 2.85. The van der Waals surface area contributed by atoms with E-state index in [4.69, 9.17) is 27.9 Å². The van der Waals surface area contributed by atoms with Gasteiger partial charge in [-0.1, -0.05) is 23.2 Å². The summed E-state index contributed by atoms with van der Waals surface area (Å²) < 4.78 is 5.95. The van der Waals surface area contributed by atoms with E-state index in [0.29, 0.717) is 22.2 Å². The molecule has 3 nitrogen and oxygen atoms in total. The van der Waals surface area contributed by atoms with E-state index in [1.165, 1.54) is 23.1 Å². The summed E-state index contributed by atoms with van der Waals surface area (Å²) >= 11 is 14.8. The number of ether oxygens (including phenoxy) is 1. The van der Waals surface area contributed by atoms with Crippen molar-refractivity contribution >= 4 is 57.9 Å². The van der Waals surface area contributed by atoms with Gasteiger partial charge in [0.15, 0.2) is 0 Å². The Bertz CT molecular complexity index is 631. The lowest BCUT2D eigenvalue weighted by Crippen LogP contribution is -2.14. The molecule has 0 radical (unpaired) electrons. The van der Waals surface area contributed by atoms with Crippen LogP contribution in [0.2, 0.25) is 9.36 Å². The first-order chi connectivity index (χ1) is 10.1. The molecule has 0 unspecified atom stereocenters. The summed E-state index contributed by atoms with van der Waals surface area (Å²) in [6.45, 7) is 0. The minimum atomic E-state index is -0.0942. The largest absolute Gasteiger partial charge is 0.495 e. The topological polar surface area (TPSA) is 38.3 Å². The highest BCUT2D eigenvalue weighted by atomic mass is 35.5. The highest BCUT2D eigenvalue weighted by Crippen LogP contribution is 2.28. The van der Waals surface area contributed by atoms with Crippen LogP contribution < -0.4 is 10.1 Å². The second kappa shape index (κ2) is 7.94. The molecule has 0 saturated heterocycles. The first kappa shape index (κ1) is 16.5. The van der Waals surface area contributed by atoms with E-state index in [1.54, 1.807) is 25.3 Å². The lowest BCUT2D eigenvalue weighted by Gasteiger charge is -2.10. The van der Waals surface area contributed by atoms with E-state index in [2.05, 4.69) is 5.32 Å². The van der Waals surface area contributed by atoms with E-state index in [0.717, 1.165) is 15.0 Å². The summed E-state index contributed by atoms with van der Waals surface area (Å²) in [5, 5.41) is 3.35. The maximum absolute atomic E-state index is 11.9. The Morgan fingerprint density at radius 1 is 1.33 bits per heavy atom. The zero-order valence-electron chi connectivity index (χ0n) is 11.2. The first-order valence-electron chi connectivity index (χ1n) is 6.04. The molecule has 112 valence electrons. The number of carbonyl (C=O) groups is 1. The van der Waals surface area contributed by atoms with Crippen LogP contribution in [0.3, 0.4) is 0 Å². The van der Waals surface area contributed by atoms with E-state index in [9.17, 15) is 4.79 Å². The van der Waals surface area contributed by atoms with Crippen molar-refractivity contribution < 1.29 is 9.53 Å². The highest BCUT2D eigenvalue weighted by molar-refractivity contribution is 7.99. The molecule has 2 aromatic rings. The summed E-state index contributed by atoms with van der Waals surface area (Å²) in [6, 6.07) is 8.93. The molecule has 0 aliphatic carbocycles. The lowest BCUT2D eigenvalue weighted by atomic mass is 10.3. The minimum Gasteiger partial charge on any atom is -0.495 e. The smallest absolute Gasteiger partial charge is 0.234 e. The fourth-order valence-corrected chi connectivity index (χ4v) is 3.84. The number of anilines is 1. The number of benzene rings is 1. The molecule has 1 aromatic heterocycles. The van der Waals surface area contributed by atoms with Gasteiger partial charge < -0.3 is 10.1 Å². The van der Waals surface area contributed by atoms with E-state index < -0.39 is 0 Å². The predicted octanol–water partition coefficient (Wildman–Crippen LogP) is 4.94. The number of halogens is 2. The van der Waals surface area contributed by atoms with Crippen molar-refractivity contribution in [2.24, 2.45) is 0 Å². The van der Waals surface area contributed by atoms with Gasteiger partial charge in [-0.15, -0.1) is 23.1 Å². The van der Waals surface area contributed by atoms with Gasteiger partial charge in [0.05, 0.1) is 22.9 Å². The molecular weight excluding hydrogens is 349 g/mol. The normalized spacial score (nSPS) is 10.4. The third kappa shape index (κ3) is 5.11. The number of carbonyl (C=O) groups excluding carboxylic acids is 1. The maximum Gasteiger partial charge on any atom is 0.234 e. The Morgan fingerprint density at radius 2 is 2.14 bits per heavy atom. The Hall–Kier alpha value is -0.880. The van der Waals surface area contributed by atoms with Crippen molar-refractivity contribution in [3.05, 3.63) is 44.6 Å². The summed E-state index contributed by atoms with van der Waals surface area (Å²) in [7, 11) is 1.55. The number of amides is 1. The number of nitrogens with one attached hydrogen (secondary N) is 1. The van der Waals surface area contributed by atoms with E-state index in [-0.39, 0.29) is 5.91 Å². The van der Waals surface area contributed by atoms with Crippen molar-refractivity contribution in [2.45, 2.75) is 5.75 Å². The van der Waals surface area contributed by atoms with Crippen molar-refractivity contribution in [2.75, 3.05) is 18.2 Å². The summed E-state index contributed by atoms with van der Waals surface area (Å²) in [6.07, 6.45) is 0. The summed E-state index contributed by atoms with van der Waals surface area (Å²) in [4.78, 5) is 13.1. The number of rotatable bonds is 6. The van der Waals surface area contributed by atoms with Crippen LogP contribution in [0.15, 0.2) is 30.3 Å². The molecule has 1 heterocycles. The Morgan fingerprint density at radius 3 is 2.81 bits per heavy atom. The van der Waals surface area contributed by atoms with Crippen molar-refractivity contribution in [3.8, 4) is 5.75 Å². The highest BCUT2D eigenvalue weighted by Gasteiger charge is 2.09. The van der Waals surface area contributed by atoms with Gasteiger partial charge in [0.25, 0.3) is 0 Å². The second-order valence-electron chi connectivity index (χ2n) is 4.09. The van der Waals surface area contributed by atoms with E-state index in [1.807, 2.05) is 12.1 Å². The Kier molecular flexibility index (Phi) is 6.23. The molecule has 0 saturated carbocycles. The van der Waals surface area contributed by atoms with E-state index >= 15 is 0 Å². The molecule has 0 aliphatic heterocycles. The third-order valence-electron chi connectivity index (χ3n) is 2.54. The lowest BCUT2D eigenvalue weighted by molar-refractivity contribution is -0.113. The number of thiophene rings is 1. The van der Waals surface area contributed by atoms with Crippen LogP contribution in [-0.2, 0) is 10.5 Å². The number of methoxy groups -OCH3 is 1. The van der Waals surface area contributed by atoms with Crippen LogP contribution in [0.4, 0.5) is 5.69 Å². The summed E-state index contributed by atoms with van der Waals surface area (Å²) in [5.74, 6) is 1.61. The maximum atomic E-state index is 11.9. The van der Waals surface area contributed by atoms with Gasteiger partial charge in [-0.2, -0.15) is 0 Å². The first-order valence-corrected chi connectivity index (χ1v) is 8.76. The molecule has 1 aromatic carbocycles. The van der Waals surface area contributed by atoms with Gasteiger partial charge in [0.1, 0.15) is 5.75 Å². The SMILES string of the molecule is COc1ccc(Cl)cc1NC(=O)CSCc1ccc(Cl)s1.